The van der Waals surface area contributed by atoms with E-state index in [1.165, 1.54) is 6.07 Å². The van der Waals surface area contributed by atoms with Gasteiger partial charge in [-0.3, -0.25) is 14.5 Å². The van der Waals surface area contributed by atoms with Crippen LogP contribution in [0.3, 0.4) is 0 Å². The molecule has 0 aromatic heterocycles. The lowest BCUT2D eigenvalue weighted by Crippen LogP contribution is -2.36. The molecule has 1 saturated carbocycles. The number of hydrogen-bond acceptors (Lipinski definition) is 3. The first-order valence-corrected chi connectivity index (χ1v) is 6.73. The Morgan fingerprint density at radius 3 is 2.47 bits per heavy atom. The maximum atomic E-state index is 11.8. The van der Waals surface area contributed by atoms with E-state index < -0.39 is 6.10 Å². The number of likely N-dealkylation sites (tertiary alicyclic amines) is 1. The average molecular weight is 300 g/mol. The summed E-state index contributed by atoms with van der Waals surface area (Å²) in [7, 11) is 0. The highest BCUT2D eigenvalue weighted by atomic mass is 35.5. The summed E-state index contributed by atoms with van der Waals surface area (Å²) < 4.78 is 0. The van der Waals surface area contributed by atoms with E-state index in [0.717, 1.165) is 4.90 Å². The fourth-order valence-corrected chi connectivity index (χ4v) is 3.01. The third-order valence-electron chi connectivity index (χ3n) is 3.63. The minimum absolute atomic E-state index is 0.0496. The van der Waals surface area contributed by atoms with Crippen LogP contribution in [0.15, 0.2) is 18.2 Å². The van der Waals surface area contributed by atoms with Crippen LogP contribution in [0.4, 0.5) is 0 Å². The standard InChI is InChI=1S/C13H11Cl2NO3/c14-6-1-2-7(10(15)3-6)11(17)5-16-12(18)8-4-9(8)13(16)19/h1-3,8-9,11,17H,4-5H2. The number of halogens is 2. The largest absolute Gasteiger partial charge is 0.386 e. The zero-order valence-electron chi connectivity index (χ0n) is 9.85. The van der Waals surface area contributed by atoms with Crippen LogP contribution in [-0.4, -0.2) is 28.4 Å². The molecule has 1 aliphatic heterocycles. The Morgan fingerprint density at radius 1 is 1.26 bits per heavy atom. The van der Waals surface area contributed by atoms with Crippen LogP contribution in [0, 0.1) is 11.8 Å². The first-order valence-electron chi connectivity index (χ1n) is 5.97. The van der Waals surface area contributed by atoms with E-state index in [0.29, 0.717) is 22.0 Å². The van der Waals surface area contributed by atoms with Gasteiger partial charge in [0.2, 0.25) is 11.8 Å². The number of piperidine rings is 1. The van der Waals surface area contributed by atoms with E-state index in [1.54, 1.807) is 12.1 Å². The molecule has 1 aromatic rings. The lowest BCUT2D eigenvalue weighted by Gasteiger charge is -2.21. The number of aliphatic hydroxyl groups excluding tert-OH is 1. The van der Waals surface area contributed by atoms with Gasteiger partial charge in [0, 0.05) is 15.6 Å². The molecule has 19 heavy (non-hydrogen) atoms. The van der Waals surface area contributed by atoms with E-state index in [1.807, 2.05) is 0 Å². The molecule has 1 heterocycles. The Bertz CT molecular complexity index is 555. The van der Waals surface area contributed by atoms with Gasteiger partial charge >= 0.3 is 0 Å². The predicted molar refractivity (Wildman–Crippen MR) is 69.7 cm³/mol. The molecule has 6 heteroatoms. The minimum Gasteiger partial charge on any atom is -0.386 e. The smallest absolute Gasteiger partial charge is 0.233 e. The van der Waals surface area contributed by atoms with Gasteiger partial charge in [0.15, 0.2) is 0 Å². The summed E-state index contributed by atoms with van der Waals surface area (Å²) in [5.41, 5.74) is 0.465. The zero-order valence-corrected chi connectivity index (χ0v) is 11.4. The van der Waals surface area contributed by atoms with Gasteiger partial charge in [0.05, 0.1) is 24.5 Å². The molecule has 0 bridgehead atoms. The van der Waals surface area contributed by atoms with E-state index >= 15 is 0 Å². The summed E-state index contributed by atoms with van der Waals surface area (Å²) in [4.78, 5) is 24.7. The molecule has 2 aliphatic rings. The molecular weight excluding hydrogens is 289 g/mol. The molecule has 1 aromatic carbocycles. The fraction of sp³-hybridized carbons (Fsp3) is 0.385. The third kappa shape index (κ3) is 2.14. The van der Waals surface area contributed by atoms with Crippen LogP contribution in [-0.2, 0) is 9.59 Å². The van der Waals surface area contributed by atoms with Gasteiger partial charge in [0.1, 0.15) is 0 Å². The second-order valence-electron chi connectivity index (χ2n) is 4.92. The highest BCUT2D eigenvalue weighted by Crippen LogP contribution is 2.47. The van der Waals surface area contributed by atoms with Crippen molar-refractivity contribution in [2.45, 2.75) is 12.5 Å². The van der Waals surface area contributed by atoms with Crippen LogP contribution < -0.4 is 0 Å². The average Bonchev–Trinajstić information content (AvgIpc) is 3.09. The quantitative estimate of drug-likeness (QED) is 0.869. The van der Waals surface area contributed by atoms with Crippen molar-refractivity contribution in [2.24, 2.45) is 11.8 Å². The van der Waals surface area contributed by atoms with E-state index in [-0.39, 0.29) is 30.2 Å². The molecule has 100 valence electrons. The van der Waals surface area contributed by atoms with Gasteiger partial charge < -0.3 is 5.11 Å². The van der Waals surface area contributed by atoms with Crippen molar-refractivity contribution in [3.8, 4) is 0 Å². The molecule has 3 atom stereocenters. The number of hydrogen-bond donors (Lipinski definition) is 1. The maximum absolute atomic E-state index is 11.8. The van der Waals surface area contributed by atoms with Gasteiger partial charge in [-0.25, -0.2) is 0 Å². The van der Waals surface area contributed by atoms with Crippen molar-refractivity contribution in [1.82, 2.24) is 4.90 Å². The van der Waals surface area contributed by atoms with Crippen LogP contribution in [0.1, 0.15) is 18.1 Å². The Balaban J connectivity index is 1.76. The number of β-amino-alcohol motifs (C(OH)–C–C–N with tert-alkyl or cyclic N) is 1. The van der Waals surface area contributed by atoms with Crippen molar-refractivity contribution in [3.05, 3.63) is 33.8 Å². The summed E-state index contributed by atoms with van der Waals surface area (Å²) in [5.74, 6) is -0.668. The van der Waals surface area contributed by atoms with Gasteiger partial charge in [-0.15, -0.1) is 0 Å². The Kier molecular flexibility index (Phi) is 3.04. The van der Waals surface area contributed by atoms with Crippen LogP contribution in [0.2, 0.25) is 10.0 Å². The number of aliphatic hydroxyl groups is 1. The second kappa shape index (κ2) is 4.47. The number of imide groups is 1. The maximum Gasteiger partial charge on any atom is 0.233 e. The van der Waals surface area contributed by atoms with Crippen molar-refractivity contribution < 1.29 is 14.7 Å². The van der Waals surface area contributed by atoms with Crippen molar-refractivity contribution in [2.75, 3.05) is 6.54 Å². The molecule has 2 amide bonds. The summed E-state index contributed by atoms with van der Waals surface area (Å²) in [6, 6.07) is 4.73. The minimum atomic E-state index is -0.991. The van der Waals surface area contributed by atoms with E-state index in [9.17, 15) is 14.7 Å². The number of nitrogens with zero attached hydrogens (tertiary/aromatic N) is 1. The lowest BCUT2D eigenvalue weighted by molar-refractivity contribution is -0.143. The monoisotopic (exact) mass is 299 g/mol. The first kappa shape index (κ1) is 12.9. The van der Waals surface area contributed by atoms with Crippen molar-refractivity contribution in [1.29, 1.82) is 0 Å². The van der Waals surface area contributed by atoms with E-state index in [4.69, 9.17) is 23.2 Å². The normalized spacial score (nSPS) is 26.6. The Labute approximate surface area is 119 Å². The molecule has 1 saturated heterocycles. The van der Waals surface area contributed by atoms with Crippen molar-refractivity contribution in [3.63, 3.8) is 0 Å². The highest BCUT2D eigenvalue weighted by Gasteiger charge is 2.58. The molecule has 3 unspecified atom stereocenters. The fourth-order valence-electron chi connectivity index (χ4n) is 2.47. The van der Waals surface area contributed by atoms with Crippen LogP contribution >= 0.6 is 23.2 Å². The molecule has 2 fully saturated rings. The topological polar surface area (TPSA) is 57.6 Å². The van der Waals surface area contributed by atoms with Crippen molar-refractivity contribution >= 4 is 35.0 Å². The summed E-state index contributed by atoms with van der Waals surface area (Å²) in [6.07, 6.45) is -0.332. The van der Waals surface area contributed by atoms with Gasteiger partial charge in [-0.1, -0.05) is 29.3 Å². The molecule has 4 nitrogen and oxygen atoms in total. The summed E-state index contributed by atoms with van der Waals surface area (Å²) in [6.45, 7) is -0.0496. The van der Waals surface area contributed by atoms with Gasteiger partial charge in [0.25, 0.3) is 0 Å². The Hall–Kier alpha value is -1.10. The number of rotatable bonds is 3. The number of carbonyl (C=O) groups is 2. The molecule has 0 radical (unpaired) electrons. The summed E-state index contributed by atoms with van der Waals surface area (Å²) in [5, 5.41) is 10.9. The predicted octanol–water partition coefficient (Wildman–Crippen LogP) is 2.03. The number of amides is 2. The SMILES string of the molecule is O=C1C2CC2C(=O)N1CC(O)c1ccc(Cl)cc1Cl. The number of fused-ring (bicyclic) bond motifs is 1. The highest BCUT2D eigenvalue weighted by molar-refractivity contribution is 6.35. The summed E-state index contributed by atoms with van der Waals surface area (Å²) >= 11 is 11.8. The lowest BCUT2D eigenvalue weighted by atomic mass is 10.1. The molecule has 1 aliphatic carbocycles. The third-order valence-corrected chi connectivity index (χ3v) is 4.20. The number of benzene rings is 1. The van der Waals surface area contributed by atoms with Crippen LogP contribution in [0.5, 0.6) is 0 Å². The molecule has 0 spiro atoms. The molecule has 3 rings (SSSR count). The number of carbonyl (C=O) groups excluding carboxylic acids is 2. The Morgan fingerprint density at radius 2 is 1.89 bits per heavy atom. The molecule has 1 N–H and O–H groups in total. The molecular formula is C13H11Cl2NO3. The van der Waals surface area contributed by atoms with Crippen LogP contribution in [0.25, 0.3) is 0 Å². The van der Waals surface area contributed by atoms with Gasteiger partial charge in [-0.2, -0.15) is 0 Å². The van der Waals surface area contributed by atoms with E-state index in [2.05, 4.69) is 0 Å². The first-order chi connectivity index (χ1) is 8.99. The second-order valence-corrected chi connectivity index (χ2v) is 5.76. The van der Waals surface area contributed by atoms with Gasteiger partial charge in [-0.05, 0) is 18.6 Å². The zero-order chi connectivity index (χ0) is 13.7.